The van der Waals surface area contributed by atoms with Crippen LogP contribution in [-0.2, 0) is 20.6 Å². The number of hydrogen-bond acceptors (Lipinski definition) is 7. The second-order valence-electron chi connectivity index (χ2n) is 9.73. The van der Waals surface area contributed by atoms with Gasteiger partial charge in [-0.15, -0.1) is 0 Å². The predicted octanol–water partition coefficient (Wildman–Crippen LogP) is 2.35. The lowest BCUT2D eigenvalue weighted by Gasteiger charge is -2.47. The first kappa shape index (κ1) is 23.0. The van der Waals surface area contributed by atoms with Crippen molar-refractivity contribution in [2.45, 2.75) is 88.9 Å². The SMILES string of the molecule is CO[C@@H]1[C@H](N(C(=O)O)C(C)Cc2noc(=O)[nH]2)CC[C@]2(CO2)[C@H]1[C@@]1(C)O[C@@H]1CC=C(C)C. The van der Waals surface area contributed by atoms with Crippen LogP contribution < -0.4 is 5.76 Å². The number of amides is 1. The lowest BCUT2D eigenvalue weighted by Crippen LogP contribution is -2.62. The number of ether oxygens (including phenoxy) is 3. The standard InChI is InChI=1S/C22H33N3O7/c1-12(2)6-7-15-21(4,31-15)18-17(29-5)14(8-9-22(18)11-30-22)25(20(27)28)13(3)10-16-23-19(26)32-24-16/h6,13-15,17-18H,7-11H2,1-5H3,(H,27,28)(H,23,24,26)/t13?,14-,15-,17-,18-,21+,22+/m1/s1. The third kappa shape index (κ3) is 4.11. The number of carbonyl (C=O) groups is 1. The number of nitrogens with one attached hydrogen (secondary N) is 1. The topological polar surface area (TPSA) is 134 Å². The molecule has 1 aliphatic carbocycles. The highest BCUT2D eigenvalue weighted by Crippen LogP contribution is 2.59. The molecule has 178 valence electrons. The van der Waals surface area contributed by atoms with E-state index in [1.54, 1.807) is 14.0 Å². The molecule has 0 aromatic carbocycles. The first-order valence-electron chi connectivity index (χ1n) is 11.2. The van der Waals surface area contributed by atoms with Crippen molar-refractivity contribution in [2.75, 3.05) is 13.7 Å². The molecule has 4 rings (SSSR count). The molecule has 3 fully saturated rings. The maximum Gasteiger partial charge on any atom is 0.438 e. The summed E-state index contributed by atoms with van der Waals surface area (Å²) in [4.78, 5) is 27.6. The van der Waals surface area contributed by atoms with Gasteiger partial charge in [0.15, 0.2) is 5.82 Å². The van der Waals surface area contributed by atoms with Crippen LogP contribution in [0.1, 0.15) is 52.8 Å². The van der Waals surface area contributed by atoms with Crippen LogP contribution in [-0.4, -0.2) is 75.5 Å². The maximum absolute atomic E-state index is 12.4. The van der Waals surface area contributed by atoms with E-state index in [0.717, 1.165) is 12.8 Å². The molecule has 2 aliphatic heterocycles. The van der Waals surface area contributed by atoms with Crippen molar-refractivity contribution >= 4 is 6.09 Å². The first-order chi connectivity index (χ1) is 15.1. The Morgan fingerprint density at radius 1 is 1.47 bits per heavy atom. The average Bonchev–Trinajstić information content (AvgIpc) is 3.59. The van der Waals surface area contributed by atoms with Crippen molar-refractivity contribution in [3.05, 3.63) is 28.0 Å². The minimum absolute atomic E-state index is 0.0517. The fourth-order valence-corrected chi connectivity index (χ4v) is 5.64. The average molecular weight is 452 g/mol. The number of carboxylic acid groups (broad SMARTS) is 1. The van der Waals surface area contributed by atoms with Crippen LogP contribution in [0.25, 0.3) is 0 Å². The molecule has 1 aromatic rings. The minimum atomic E-state index is -1.04. The van der Waals surface area contributed by atoms with Gasteiger partial charge in [-0.05, 0) is 47.0 Å². The number of nitrogens with zero attached hydrogens (tertiary/aromatic N) is 2. The van der Waals surface area contributed by atoms with Crippen LogP contribution in [0.2, 0.25) is 0 Å². The Bertz CT molecular complexity index is 932. The lowest BCUT2D eigenvalue weighted by atomic mass is 9.67. The molecule has 2 N–H and O–H groups in total. The van der Waals surface area contributed by atoms with Gasteiger partial charge in [0.2, 0.25) is 0 Å². The first-order valence-corrected chi connectivity index (χ1v) is 11.2. The molecule has 3 aliphatic rings. The monoisotopic (exact) mass is 451 g/mol. The summed E-state index contributed by atoms with van der Waals surface area (Å²) >= 11 is 0. The molecule has 1 spiro atoms. The Morgan fingerprint density at radius 3 is 2.72 bits per heavy atom. The van der Waals surface area contributed by atoms with Gasteiger partial charge in [-0.2, -0.15) is 0 Å². The highest BCUT2D eigenvalue weighted by Gasteiger charge is 2.72. The number of allylic oxidation sites excluding steroid dienone is 1. The lowest BCUT2D eigenvalue weighted by molar-refractivity contribution is -0.0976. The summed E-state index contributed by atoms with van der Waals surface area (Å²) in [5.74, 6) is -0.429. The molecule has 0 radical (unpaired) electrons. The van der Waals surface area contributed by atoms with Crippen LogP contribution in [0.4, 0.5) is 4.79 Å². The Kier molecular flexibility index (Phi) is 5.98. The smallest absolute Gasteiger partial charge is 0.438 e. The second-order valence-corrected chi connectivity index (χ2v) is 9.73. The zero-order valence-electron chi connectivity index (χ0n) is 19.3. The van der Waals surface area contributed by atoms with Gasteiger partial charge >= 0.3 is 11.8 Å². The number of hydrogen-bond donors (Lipinski definition) is 2. The van der Waals surface area contributed by atoms with Crippen molar-refractivity contribution < 1.29 is 28.6 Å². The Hall–Kier alpha value is -2.17. The fraction of sp³-hybridized carbons (Fsp3) is 0.773. The van der Waals surface area contributed by atoms with Gasteiger partial charge in [0.1, 0.15) is 5.60 Å². The normalized spacial score (nSPS) is 36.5. The van der Waals surface area contributed by atoms with Crippen molar-refractivity contribution in [2.24, 2.45) is 5.92 Å². The molecule has 10 heteroatoms. The molecule has 2 saturated heterocycles. The minimum Gasteiger partial charge on any atom is -0.465 e. The van der Waals surface area contributed by atoms with E-state index in [1.807, 2.05) is 0 Å². The van der Waals surface area contributed by atoms with Gasteiger partial charge < -0.3 is 19.3 Å². The van der Waals surface area contributed by atoms with Gasteiger partial charge in [-0.25, -0.2) is 9.59 Å². The quantitative estimate of drug-likeness (QED) is 0.454. The van der Waals surface area contributed by atoms with Crippen molar-refractivity contribution in [1.82, 2.24) is 15.0 Å². The van der Waals surface area contributed by atoms with Gasteiger partial charge in [0, 0.05) is 25.5 Å². The molecule has 3 heterocycles. The summed E-state index contributed by atoms with van der Waals surface area (Å²) in [6.45, 7) is 8.66. The molecule has 7 atom stereocenters. The number of rotatable bonds is 8. The molecule has 1 amide bonds. The summed E-state index contributed by atoms with van der Waals surface area (Å²) in [7, 11) is 1.63. The van der Waals surface area contributed by atoms with Gasteiger partial charge in [0.25, 0.3) is 0 Å². The van der Waals surface area contributed by atoms with Gasteiger partial charge in [-0.3, -0.25) is 14.4 Å². The number of aromatic nitrogens is 2. The second kappa shape index (κ2) is 8.31. The van der Waals surface area contributed by atoms with Gasteiger partial charge in [-0.1, -0.05) is 16.8 Å². The number of aromatic amines is 1. The molecule has 32 heavy (non-hydrogen) atoms. The van der Waals surface area contributed by atoms with Crippen LogP contribution in [0, 0.1) is 5.92 Å². The van der Waals surface area contributed by atoms with Crippen LogP contribution in [0.3, 0.4) is 0 Å². The zero-order valence-corrected chi connectivity index (χ0v) is 19.3. The molecule has 1 aromatic heterocycles. The number of epoxide rings is 2. The fourth-order valence-electron chi connectivity index (χ4n) is 5.64. The van der Waals surface area contributed by atoms with E-state index >= 15 is 0 Å². The van der Waals surface area contributed by atoms with Crippen LogP contribution in [0.5, 0.6) is 0 Å². The molecular formula is C22H33N3O7. The third-order valence-electron chi connectivity index (χ3n) is 7.29. The molecular weight excluding hydrogens is 418 g/mol. The summed E-state index contributed by atoms with van der Waals surface area (Å²) in [6, 6.07) is -0.823. The summed E-state index contributed by atoms with van der Waals surface area (Å²) in [5.41, 5.74) is 0.477. The Balaban J connectivity index is 1.58. The third-order valence-corrected chi connectivity index (χ3v) is 7.29. The van der Waals surface area contributed by atoms with E-state index in [9.17, 15) is 14.7 Å². The predicted molar refractivity (Wildman–Crippen MR) is 113 cm³/mol. The van der Waals surface area contributed by atoms with Crippen molar-refractivity contribution in [3.63, 3.8) is 0 Å². The summed E-state index contributed by atoms with van der Waals surface area (Å²) in [5, 5.41) is 13.8. The zero-order chi connectivity index (χ0) is 23.3. The van der Waals surface area contributed by atoms with Gasteiger partial charge in [0.05, 0.1) is 30.5 Å². The maximum atomic E-state index is 12.4. The highest BCUT2D eigenvalue weighted by molar-refractivity contribution is 5.66. The van der Waals surface area contributed by atoms with Crippen LogP contribution in [0.15, 0.2) is 21.0 Å². The largest absolute Gasteiger partial charge is 0.465 e. The van der Waals surface area contributed by atoms with E-state index in [1.165, 1.54) is 10.5 Å². The van der Waals surface area contributed by atoms with E-state index < -0.39 is 23.5 Å². The molecule has 1 unspecified atom stereocenters. The number of methoxy groups -OCH3 is 1. The summed E-state index contributed by atoms with van der Waals surface area (Å²) < 4.78 is 22.7. The van der Waals surface area contributed by atoms with E-state index in [-0.39, 0.29) is 36.2 Å². The Morgan fingerprint density at radius 2 is 2.19 bits per heavy atom. The van der Waals surface area contributed by atoms with E-state index in [0.29, 0.717) is 18.9 Å². The Labute approximate surface area is 186 Å². The van der Waals surface area contributed by atoms with E-state index in [2.05, 4.69) is 41.5 Å². The van der Waals surface area contributed by atoms with E-state index in [4.69, 9.17) is 14.2 Å². The highest BCUT2D eigenvalue weighted by atomic mass is 16.6. The van der Waals surface area contributed by atoms with Crippen LogP contribution >= 0.6 is 0 Å². The molecule has 10 nitrogen and oxygen atoms in total. The molecule has 0 bridgehead atoms. The summed E-state index contributed by atoms with van der Waals surface area (Å²) in [6.07, 6.45) is 3.20. The molecule has 1 saturated carbocycles. The van der Waals surface area contributed by atoms with Crippen molar-refractivity contribution in [3.8, 4) is 0 Å². The van der Waals surface area contributed by atoms with Crippen molar-refractivity contribution in [1.29, 1.82) is 0 Å². The number of H-pyrrole nitrogens is 1.